The maximum Gasteiger partial charge on any atom is 0.129 e. The van der Waals surface area contributed by atoms with E-state index in [1.165, 1.54) is 29.5 Å². The Balaban J connectivity index is 1.57. The average Bonchev–Trinajstić information content (AvgIpc) is 2.78. The first kappa shape index (κ1) is 14.0. The second kappa shape index (κ2) is 5.86. The molecule has 4 rings (SSSR count). The number of nitrogens with zero attached hydrogens (tertiary/aromatic N) is 2. The summed E-state index contributed by atoms with van der Waals surface area (Å²) in [7, 11) is 0. The maximum absolute atomic E-state index is 6.04. The van der Waals surface area contributed by atoms with E-state index in [4.69, 9.17) is 11.6 Å². The Morgan fingerprint density at radius 1 is 1.14 bits per heavy atom. The minimum absolute atomic E-state index is 0.556. The molecule has 0 aliphatic carbocycles. The Kier molecular flexibility index (Phi) is 3.73. The van der Waals surface area contributed by atoms with E-state index in [-0.39, 0.29) is 0 Å². The topological polar surface area (TPSA) is 16.1 Å². The Hall–Kier alpha value is -1.64. The van der Waals surface area contributed by atoms with Crippen molar-refractivity contribution in [2.75, 3.05) is 0 Å². The van der Waals surface area contributed by atoms with E-state index in [0.717, 1.165) is 13.0 Å². The van der Waals surface area contributed by atoms with Gasteiger partial charge in [0.05, 0.1) is 0 Å². The number of rotatable bonds is 3. The summed E-state index contributed by atoms with van der Waals surface area (Å²) in [5.74, 6) is 0. The monoisotopic (exact) mass is 310 g/mol. The van der Waals surface area contributed by atoms with E-state index in [2.05, 4.69) is 52.4 Å². The number of fused-ring (bicyclic) bond motifs is 2. The van der Waals surface area contributed by atoms with Gasteiger partial charge >= 0.3 is 0 Å². The molecule has 1 fully saturated rings. The smallest absolute Gasteiger partial charge is 0.129 e. The normalized spacial score (nSPS) is 24.3. The highest BCUT2D eigenvalue weighted by Gasteiger charge is 2.36. The summed E-state index contributed by atoms with van der Waals surface area (Å²) < 4.78 is 0. The lowest BCUT2D eigenvalue weighted by Gasteiger charge is -2.34. The summed E-state index contributed by atoms with van der Waals surface area (Å²) in [6.07, 6.45) is 7.91. The number of benzene rings is 1. The van der Waals surface area contributed by atoms with Crippen molar-refractivity contribution in [3.05, 3.63) is 71.0 Å². The predicted octanol–water partition coefficient (Wildman–Crippen LogP) is 4.56. The molecule has 0 amide bonds. The lowest BCUT2D eigenvalue weighted by Crippen LogP contribution is -2.37. The van der Waals surface area contributed by atoms with Crippen LogP contribution in [0.2, 0.25) is 5.15 Å². The molecule has 0 saturated carbocycles. The molecular weight excluding hydrogens is 292 g/mol. The van der Waals surface area contributed by atoms with Gasteiger partial charge in [-0.2, -0.15) is 0 Å². The fourth-order valence-electron chi connectivity index (χ4n) is 3.77. The van der Waals surface area contributed by atoms with Crippen LogP contribution < -0.4 is 0 Å². The SMILES string of the molecule is Clc1cc(C2=CC3CCC(C2)N3Cc2ccccc2)ccn1. The number of pyridine rings is 1. The zero-order chi connectivity index (χ0) is 14.9. The zero-order valence-electron chi connectivity index (χ0n) is 12.5. The van der Waals surface area contributed by atoms with Crippen LogP contribution in [0.3, 0.4) is 0 Å². The molecule has 1 aromatic carbocycles. The van der Waals surface area contributed by atoms with Crippen LogP contribution in [0.15, 0.2) is 54.7 Å². The lowest BCUT2D eigenvalue weighted by molar-refractivity contribution is 0.203. The zero-order valence-corrected chi connectivity index (χ0v) is 13.2. The molecule has 112 valence electrons. The Morgan fingerprint density at radius 3 is 2.77 bits per heavy atom. The number of hydrogen-bond acceptors (Lipinski definition) is 2. The largest absolute Gasteiger partial charge is 0.289 e. The average molecular weight is 311 g/mol. The summed E-state index contributed by atoms with van der Waals surface area (Å²) in [5.41, 5.74) is 4.07. The molecule has 2 aliphatic heterocycles. The highest BCUT2D eigenvalue weighted by atomic mass is 35.5. The molecule has 22 heavy (non-hydrogen) atoms. The molecule has 2 nitrogen and oxygen atoms in total. The minimum atomic E-state index is 0.556. The molecule has 3 heterocycles. The van der Waals surface area contributed by atoms with E-state index in [1.54, 1.807) is 6.20 Å². The quantitative estimate of drug-likeness (QED) is 0.773. The van der Waals surface area contributed by atoms with Crippen LogP contribution in [-0.2, 0) is 6.54 Å². The van der Waals surface area contributed by atoms with Crippen LogP contribution in [0.4, 0.5) is 0 Å². The molecular formula is C19H19ClN2. The lowest BCUT2D eigenvalue weighted by atomic mass is 9.95. The van der Waals surface area contributed by atoms with Crippen LogP contribution in [0.25, 0.3) is 5.57 Å². The first-order valence-electron chi connectivity index (χ1n) is 7.92. The summed E-state index contributed by atoms with van der Waals surface area (Å²) in [6, 6.07) is 16.0. The van der Waals surface area contributed by atoms with E-state index in [1.807, 2.05) is 6.07 Å². The summed E-state index contributed by atoms with van der Waals surface area (Å²) >= 11 is 6.04. The molecule has 3 heteroatoms. The molecule has 0 spiro atoms. The predicted molar refractivity (Wildman–Crippen MR) is 90.6 cm³/mol. The van der Waals surface area contributed by atoms with Crippen LogP contribution >= 0.6 is 11.6 Å². The van der Waals surface area contributed by atoms with Crippen molar-refractivity contribution < 1.29 is 0 Å². The fourth-order valence-corrected chi connectivity index (χ4v) is 3.95. The van der Waals surface area contributed by atoms with Gasteiger partial charge in [-0.3, -0.25) is 4.90 Å². The Labute approximate surface area is 136 Å². The van der Waals surface area contributed by atoms with Crippen LogP contribution in [0.1, 0.15) is 30.4 Å². The van der Waals surface area contributed by atoms with E-state index < -0.39 is 0 Å². The van der Waals surface area contributed by atoms with Gasteiger partial charge in [0, 0.05) is 24.8 Å². The third kappa shape index (κ3) is 2.69. The van der Waals surface area contributed by atoms with Crippen molar-refractivity contribution in [3.8, 4) is 0 Å². The van der Waals surface area contributed by atoms with Crippen molar-refractivity contribution in [1.82, 2.24) is 9.88 Å². The van der Waals surface area contributed by atoms with Gasteiger partial charge in [-0.05, 0) is 48.1 Å². The molecule has 2 bridgehead atoms. The molecule has 2 unspecified atom stereocenters. The molecule has 0 radical (unpaired) electrons. The van der Waals surface area contributed by atoms with E-state index in [9.17, 15) is 0 Å². The number of halogens is 1. The number of aromatic nitrogens is 1. The molecule has 2 aliphatic rings. The van der Waals surface area contributed by atoms with Crippen molar-refractivity contribution in [2.24, 2.45) is 0 Å². The van der Waals surface area contributed by atoms with Crippen LogP contribution in [0.5, 0.6) is 0 Å². The first-order valence-corrected chi connectivity index (χ1v) is 8.30. The first-order chi connectivity index (χ1) is 10.8. The second-order valence-corrected chi connectivity index (χ2v) is 6.61. The molecule has 0 N–H and O–H groups in total. The molecule has 1 aromatic heterocycles. The van der Waals surface area contributed by atoms with Gasteiger partial charge in [-0.25, -0.2) is 4.98 Å². The fraction of sp³-hybridized carbons (Fsp3) is 0.316. The van der Waals surface area contributed by atoms with Crippen molar-refractivity contribution in [3.63, 3.8) is 0 Å². The van der Waals surface area contributed by atoms with Gasteiger partial charge < -0.3 is 0 Å². The van der Waals surface area contributed by atoms with Crippen molar-refractivity contribution >= 4 is 17.2 Å². The van der Waals surface area contributed by atoms with Crippen molar-refractivity contribution in [2.45, 2.75) is 37.9 Å². The summed E-state index contributed by atoms with van der Waals surface area (Å²) in [5, 5.41) is 0.581. The van der Waals surface area contributed by atoms with Gasteiger partial charge in [0.2, 0.25) is 0 Å². The van der Waals surface area contributed by atoms with Gasteiger partial charge in [0.15, 0.2) is 0 Å². The van der Waals surface area contributed by atoms with Crippen molar-refractivity contribution in [1.29, 1.82) is 0 Å². The second-order valence-electron chi connectivity index (χ2n) is 6.22. The van der Waals surface area contributed by atoms with Gasteiger partial charge in [0.25, 0.3) is 0 Å². The minimum Gasteiger partial charge on any atom is -0.289 e. The summed E-state index contributed by atoms with van der Waals surface area (Å²) in [6.45, 7) is 1.05. The molecule has 2 atom stereocenters. The van der Waals surface area contributed by atoms with Gasteiger partial charge in [0.1, 0.15) is 5.15 Å². The molecule has 1 saturated heterocycles. The van der Waals surface area contributed by atoms with E-state index >= 15 is 0 Å². The van der Waals surface area contributed by atoms with Crippen LogP contribution in [-0.4, -0.2) is 22.0 Å². The highest BCUT2D eigenvalue weighted by Crippen LogP contribution is 2.39. The third-order valence-corrected chi connectivity index (χ3v) is 5.05. The third-order valence-electron chi connectivity index (χ3n) is 4.85. The molecule has 2 aromatic rings. The van der Waals surface area contributed by atoms with Gasteiger partial charge in [-0.1, -0.05) is 48.0 Å². The number of hydrogen-bond donors (Lipinski definition) is 0. The maximum atomic E-state index is 6.04. The standard InChI is InChI=1S/C19H19ClN2/c20-19-12-15(8-9-21-19)16-10-17-6-7-18(11-16)22(17)13-14-4-2-1-3-5-14/h1-5,8-10,12,17-18H,6-7,11,13H2. The van der Waals surface area contributed by atoms with Crippen LogP contribution in [0, 0.1) is 0 Å². The highest BCUT2D eigenvalue weighted by molar-refractivity contribution is 6.29. The Morgan fingerprint density at radius 2 is 2.00 bits per heavy atom. The van der Waals surface area contributed by atoms with E-state index in [0.29, 0.717) is 17.2 Å². The Bertz CT molecular complexity index is 696. The van der Waals surface area contributed by atoms with Gasteiger partial charge in [-0.15, -0.1) is 0 Å². The summed E-state index contributed by atoms with van der Waals surface area (Å²) in [4.78, 5) is 6.74.